The Labute approximate surface area is 91.6 Å². The number of aromatic nitrogens is 3. The molecule has 1 aromatic rings. The highest BCUT2D eigenvalue weighted by Gasteiger charge is 1.93. The van der Waals surface area contributed by atoms with Gasteiger partial charge in [-0.3, -0.25) is 0 Å². The number of carboxylic acid groups (broad SMARTS) is 2. The highest BCUT2D eigenvalue weighted by Crippen LogP contribution is 1.97. The Kier molecular flexibility index (Phi) is 8.92. The molecule has 0 unspecified atom stereocenters. The van der Waals surface area contributed by atoms with E-state index in [2.05, 4.69) is 21.5 Å². The molecular weight excluding hydrogens is 216 g/mol. The van der Waals surface area contributed by atoms with Gasteiger partial charge in [-0.15, -0.1) is 6.58 Å². The van der Waals surface area contributed by atoms with Crippen LogP contribution in [0.25, 0.3) is 0 Å². The largest absolute Gasteiger partial charge is 0.503 e. The van der Waals surface area contributed by atoms with Crippen LogP contribution in [-0.4, -0.2) is 31.3 Å². The maximum Gasteiger partial charge on any atom is 0.503 e. The Morgan fingerprint density at radius 1 is 1.12 bits per heavy atom. The standard InChI is InChI=1S/C3H6N6.C3H6.CH2O3/c4-1-7-2(5)9-3(6)8-1;1-3-2;2-1(3)4/h(H6,4,5,6,7,8,9);3H,1H2,2H3;(H2,2,3,4). The van der Waals surface area contributed by atoms with Crippen LogP contribution in [0.3, 0.4) is 0 Å². The van der Waals surface area contributed by atoms with Gasteiger partial charge in [0.15, 0.2) is 0 Å². The van der Waals surface area contributed by atoms with E-state index >= 15 is 0 Å². The lowest BCUT2D eigenvalue weighted by atomic mass is 10.8. The van der Waals surface area contributed by atoms with Gasteiger partial charge < -0.3 is 27.4 Å². The van der Waals surface area contributed by atoms with Crippen molar-refractivity contribution >= 4 is 24.0 Å². The van der Waals surface area contributed by atoms with Crippen molar-refractivity contribution in [1.82, 2.24) is 15.0 Å². The third-order valence-electron chi connectivity index (χ3n) is 0.687. The molecule has 0 aliphatic carbocycles. The number of hydrogen-bond acceptors (Lipinski definition) is 7. The van der Waals surface area contributed by atoms with Gasteiger partial charge in [0.1, 0.15) is 0 Å². The number of allylic oxidation sites excluding steroid dienone is 1. The van der Waals surface area contributed by atoms with Gasteiger partial charge in [0.05, 0.1) is 0 Å². The summed E-state index contributed by atoms with van der Waals surface area (Å²) in [4.78, 5) is 19.0. The third kappa shape index (κ3) is 14.0. The summed E-state index contributed by atoms with van der Waals surface area (Å²) in [6.45, 7) is 5.25. The molecule has 90 valence electrons. The molecule has 0 amide bonds. The average Bonchev–Trinajstić information content (AvgIpc) is 2.00. The molecular formula is C7H14N6O3. The van der Waals surface area contributed by atoms with E-state index in [1.807, 2.05) is 6.92 Å². The summed E-state index contributed by atoms with van der Waals surface area (Å²) >= 11 is 0. The van der Waals surface area contributed by atoms with Crippen LogP contribution in [0.2, 0.25) is 0 Å². The maximum atomic E-state index is 8.56. The third-order valence-corrected chi connectivity index (χ3v) is 0.687. The quantitative estimate of drug-likeness (QED) is 0.385. The van der Waals surface area contributed by atoms with Crippen LogP contribution in [-0.2, 0) is 0 Å². The summed E-state index contributed by atoms with van der Waals surface area (Å²) < 4.78 is 0. The highest BCUT2D eigenvalue weighted by molar-refractivity contribution is 5.53. The van der Waals surface area contributed by atoms with Crippen molar-refractivity contribution in [3.8, 4) is 0 Å². The summed E-state index contributed by atoms with van der Waals surface area (Å²) in [5.74, 6) is 0.125. The molecule has 1 aromatic heterocycles. The zero-order valence-corrected chi connectivity index (χ0v) is 8.66. The maximum absolute atomic E-state index is 8.56. The van der Waals surface area contributed by atoms with Crippen LogP contribution >= 0.6 is 0 Å². The summed E-state index contributed by atoms with van der Waals surface area (Å²) in [5, 5.41) is 13.9. The summed E-state index contributed by atoms with van der Waals surface area (Å²) in [6, 6.07) is 0. The van der Waals surface area contributed by atoms with Crippen LogP contribution in [0.5, 0.6) is 0 Å². The molecule has 0 fully saturated rings. The predicted octanol–water partition coefficient (Wildman–Crippen LogP) is 0.0329. The minimum Gasteiger partial charge on any atom is -0.450 e. The van der Waals surface area contributed by atoms with Crippen molar-refractivity contribution in [3.05, 3.63) is 12.7 Å². The smallest absolute Gasteiger partial charge is 0.450 e. The molecule has 0 spiro atoms. The number of anilines is 3. The van der Waals surface area contributed by atoms with Gasteiger partial charge in [-0.25, -0.2) is 4.79 Å². The number of rotatable bonds is 0. The first-order chi connectivity index (χ1) is 7.33. The first-order valence-corrected chi connectivity index (χ1v) is 3.84. The van der Waals surface area contributed by atoms with Crippen molar-refractivity contribution < 1.29 is 15.0 Å². The number of carbonyl (C=O) groups is 1. The number of nitrogens with zero attached hydrogens (tertiary/aromatic N) is 3. The van der Waals surface area contributed by atoms with E-state index in [-0.39, 0.29) is 17.8 Å². The van der Waals surface area contributed by atoms with Gasteiger partial charge in [0.25, 0.3) is 0 Å². The number of nitrogen functional groups attached to an aromatic ring is 3. The molecule has 0 saturated carbocycles. The van der Waals surface area contributed by atoms with E-state index < -0.39 is 6.16 Å². The molecule has 16 heavy (non-hydrogen) atoms. The van der Waals surface area contributed by atoms with Crippen LogP contribution in [0.4, 0.5) is 22.6 Å². The lowest BCUT2D eigenvalue weighted by molar-refractivity contribution is 0.137. The van der Waals surface area contributed by atoms with E-state index in [1.165, 1.54) is 0 Å². The first-order valence-electron chi connectivity index (χ1n) is 3.84. The minimum atomic E-state index is -1.83. The summed E-state index contributed by atoms with van der Waals surface area (Å²) in [5.41, 5.74) is 15.4. The molecule has 0 atom stereocenters. The van der Waals surface area contributed by atoms with E-state index in [9.17, 15) is 0 Å². The average molecular weight is 230 g/mol. The molecule has 9 nitrogen and oxygen atoms in total. The van der Waals surface area contributed by atoms with Crippen molar-refractivity contribution in [2.24, 2.45) is 0 Å². The minimum absolute atomic E-state index is 0.0417. The van der Waals surface area contributed by atoms with Crippen molar-refractivity contribution in [2.45, 2.75) is 6.92 Å². The zero-order valence-electron chi connectivity index (χ0n) is 8.66. The van der Waals surface area contributed by atoms with Gasteiger partial charge in [0.2, 0.25) is 17.8 Å². The van der Waals surface area contributed by atoms with Gasteiger partial charge in [-0.1, -0.05) is 6.08 Å². The SMILES string of the molecule is C=CC.Nc1nc(N)nc(N)n1.O=C(O)O. The Morgan fingerprint density at radius 3 is 1.38 bits per heavy atom. The molecule has 9 heteroatoms. The molecule has 0 aliphatic heterocycles. The molecule has 0 radical (unpaired) electrons. The molecule has 8 N–H and O–H groups in total. The van der Waals surface area contributed by atoms with Crippen LogP contribution in [0, 0.1) is 0 Å². The molecule has 0 aromatic carbocycles. The second-order valence-corrected chi connectivity index (χ2v) is 2.10. The van der Waals surface area contributed by atoms with Gasteiger partial charge in [-0.2, -0.15) is 15.0 Å². The zero-order chi connectivity index (χ0) is 13.1. The van der Waals surface area contributed by atoms with Gasteiger partial charge in [0, 0.05) is 0 Å². The van der Waals surface area contributed by atoms with Crippen molar-refractivity contribution in [1.29, 1.82) is 0 Å². The first kappa shape index (κ1) is 15.9. The van der Waals surface area contributed by atoms with E-state index in [0.717, 1.165) is 0 Å². The number of nitrogens with two attached hydrogens (primary N) is 3. The molecule has 0 aliphatic rings. The van der Waals surface area contributed by atoms with Crippen LogP contribution in [0.15, 0.2) is 12.7 Å². The van der Waals surface area contributed by atoms with Gasteiger partial charge in [-0.05, 0) is 6.92 Å². The molecule has 1 rings (SSSR count). The van der Waals surface area contributed by atoms with E-state index in [4.69, 9.17) is 32.2 Å². The lowest BCUT2D eigenvalue weighted by Gasteiger charge is -1.93. The second kappa shape index (κ2) is 8.99. The number of hydrogen-bond donors (Lipinski definition) is 5. The second-order valence-electron chi connectivity index (χ2n) is 2.10. The summed E-state index contributed by atoms with van der Waals surface area (Å²) in [6.07, 6.45) is -0.0833. The van der Waals surface area contributed by atoms with E-state index in [1.54, 1.807) is 6.08 Å². The molecule has 0 saturated heterocycles. The molecule has 0 bridgehead atoms. The highest BCUT2D eigenvalue weighted by atomic mass is 16.6. The van der Waals surface area contributed by atoms with Gasteiger partial charge >= 0.3 is 6.16 Å². The Morgan fingerprint density at radius 2 is 1.25 bits per heavy atom. The monoisotopic (exact) mass is 230 g/mol. The van der Waals surface area contributed by atoms with Crippen LogP contribution < -0.4 is 17.2 Å². The van der Waals surface area contributed by atoms with Crippen molar-refractivity contribution in [2.75, 3.05) is 17.2 Å². The topological polar surface area (TPSA) is 174 Å². The lowest BCUT2D eigenvalue weighted by Crippen LogP contribution is -2.05. The van der Waals surface area contributed by atoms with E-state index in [0.29, 0.717) is 0 Å². The Balaban J connectivity index is 0. The predicted molar refractivity (Wildman–Crippen MR) is 59.6 cm³/mol. The fourth-order valence-corrected chi connectivity index (χ4v) is 0.427. The summed E-state index contributed by atoms with van der Waals surface area (Å²) in [7, 11) is 0. The fraction of sp³-hybridized carbons (Fsp3) is 0.143. The Bertz CT molecular complexity index is 288. The fourth-order valence-electron chi connectivity index (χ4n) is 0.427. The van der Waals surface area contributed by atoms with Crippen molar-refractivity contribution in [3.63, 3.8) is 0 Å². The molecule has 1 heterocycles. The van der Waals surface area contributed by atoms with Crippen LogP contribution in [0.1, 0.15) is 6.92 Å². The normalized spacial score (nSPS) is 7.56. The Hall–Kier alpha value is -2.58.